The van der Waals surface area contributed by atoms with Crippen molar-refractivity contribution in [2.45, 2.75) is 40.2 Å². The van der Waals surface area contributed by atoms with E-state index in [9.17, 15) is 9.59 Å². The normalized spacial score (nSPS) is 26.8. The van der Waals surface area contributed by atoms with Crippen LogP contribution in [0.25, 0.3) is 0 Å². The van der Waals surface area contributed by atoms with E-state index < -0.39 is 5.60 Å². The van der Waals surface area contributed by atoms with E-state index in [0.717, 1.165) is 0 Å². The molecule has 1 amide bonds. The Morgan fingerprint density at radius 3 is 2.06 bits per heavy atom. The summed E-state index contributed by atoms with van der Waals surface area (Å²) in [4.78, 5) is 25.0. The van der Waals surface area contributed by atoms with Crippen molar-refractivity contribution in [1.29, 1.82) is 0 Å². The standard InChI is InChI=1S/C12H21NO3/c1-8-6-13(7-9(2)10(8)14)11(15)16-12(3,4)5/h8-9H,6-7H2,1-5H3/t8-,9?/m0/s1. The van der Waals surface area contributed by atoms with E-state index in [1.165, 1.54) is 0 Å². The Hall–Kier alpha value is -1.06. The van der Waals surface area contributed by atoms with Crippen LogP contribution in [0.1, 0.15) is 34.6 Å². The van der Waals surface area contributed by atoms with Gasteiger partial charge in [-0.2, -0.15) is 0 Å². The monoisotopic (exact) mass is 227 g/mol. The molecule has 1 saturated heterocycles. The van der Waals surface area contributed by atoms with Crippen LogP contribution < -0.4 is 0 Å². The quantitative estimate of drug-likeness (QED) is 0.636. The van der Waals surface area contributed by atoms with Crippen molar-refractivity contribution in [1.82, 2.24) is 4.90 Å². The van der Waals surface area contributed by atoms with Gasteiger partial charge in [-0.1, -0.05) is 13.8 Å². The van der Waals surface area contributed by atoms with Gasteiger partial charge < -0.3 is 9.64 Å². The lowest BCUT2D eigenvalue weighted by atomic mass is 9.90. The molecule has 2 atom stereocenters. The van der Waals surface area contributed by atoms with Crippen LogP contribution in [0.15, 0.2) is 0 Å². The van der Waals surface area contributed by atoms with Crippen LogP contribution in [0.2, 0.25) is 0 Å². The van der Waals surface area contributed by atoms with Crippen LogP contribution in [-0.2, 0) is 9.53 Å². The summed E-state index contributed by atoms with van der Waals surface area (Å²) in [5.74, 6) is 0.0624. The van der Waals surface area contributed by atoms with Crippen molar-refractivity contribution in [2.24, 2.45) is 11.8 Å². The number of carbonyl (C=O) groups is 2. The zero-order valence-corrected chi connectivity index (χ0v) is 10.7. The molecule has 1 aliphatic heterocycles. The summed E-state index contributed by atoms with van der Waals surface area (Å²) in [6.07, 6.45) is -0.321. The van der Waals surface area contributed by atoms with Crippen molar-refractivity contribution >= 4 is 11.9 Å². The molecule has 1 rings (SSSR count). The second-order valence-corrected chi connectivity index (χ2v) is 5.59. The van der Waals surface area contributed by atoms with Crippen molar-refractivity contribution in [2.75, 3.05) is 13.1 Å². The number of hydrogen-bond acceptors (Lipinski definition) is 3. The van der Waals surface area contributed by atoms with Gasteiger partial charge >= 0.3 is 6.09 Å². The topological polar surface area (TPSA) is 46.6 Å². The zero-order chi connectivity index (χ0) is 12.5. The Balaban J connectivity index is 2.62. The summed E-state index contributed by atoms with van der Waals surface area (Å²) in [5.41, 5.74) is -0.481. The highest BCUT2D eigenvalue weighted by atomic mass is 16.6. The number of amides is 1. The molecule has 4 heteroatoms. The van der Waals surface area contributed by atoms with Gasteiger partial charge in [0.25, 0.3) is 0 Å². The molecule has 0 bridgehead atoms. The maximum Gasteiger partial charge on any atom is 0.410 e. The summed E-state index contributed by atoms with van der Waals surface area (Å²) in [7, 11) is 0. The second-order valence-electron chi connectivity index (χ2n) is 5.59. The van der Waals surface area contributed by atoms with Crippen molar-refractivity contribution in [3.05, 3.63) is 0 Å². The minimum Gasteiger partial charge on any atom is -0.444 e. The molecule has 0 aromatic heterocycles. The first kappa shape index (κ1) is 13.0. The van der Waals surface area contributed by atoms with E-state index in [2.05, 4.69) is 0 Å². The van der Waals surface area contributed by atoms with Gasteiger partial charge in [-0.15, -0.1) is 0 Å². The predicted molar refractivity (Wildman–Crippen MR) is 61.1 cm³/mol. The Bertz CT molecular complexity index is 279. The van der Waals surface area contributed by atoms with Crippen LogP contribution in [0.3, 0.4) is 0 Å². The highest BCUT2D eigenvalue weighted by Crippen LogP contribution is 2.20. The molecule has 0 aromatic rings. The Morgan fingerprint density at radius 2 is 1.69 bits per heavy atom. The molecule has 0 saturated carbocycles. The fraction of sp³-hybridized carbons (Fsp3) is 0.833. The molecule has 0 aliphatic carbocycles. The Labute approximate surface area is 96.9 Å². The number of hydrogen-bond donors (Lipinski definition) is 0. The van der Waals surface area contributed by atoms with Crippen molar-refractivity contribution < 1.29 is 14.3 Å². The maximum atomic E-state index is 11.8. The number of rotatable bonds is 0. The van der Waals surface area contributed by atoms with Crippen LogP contribution >= 0.6 is 0 Å². The van der Waals surface area contributed by atoms with Crippen molar-refractivity contribution in [3.63, 3.8) is 0 Å². The number of Topliss-reactive ketones (excluding diaryl/α,β-unsaturated/α-hetero) is 1. The smallest absolute Gasteiger partial charge is 0.410 e. The van der Waals surface area contributed by atoms with E-state index in [1.807, 2.05) is 34.6 Å². The number of carbonyl (C=O) groups excluding carboxylic acids is 2. The number of nitrogens with zero attached hydrogens (tertiary/aromatic N) is 1. The first-order chi connectivity index (χ1) is 7.20. The van der Waals surface area contributed by atoms with Crippen LogP contribution in [0.4, 0.5) is 4.79 Å². The summed E-state index contributed by atoms with van der Waals surface area (Å²) < 4.78 is 5.28. The third-order valence-corrected chi connectivity index (χ3v) is 2.61. The highest BCUT2D eigenvalue weighted by molar-refractivity contribution is 5.85. The van der Waals surface area contributed by atoms with Crippen LogP contribution in [0, 0.1) is 11.8 Å². The van der Waals surface area contributed by atoms with Gasteiger partial charge in [0.2, 0.25) is 0 Å². The molecule has 1 heterocycles. The summed E-state index contributed by atoms with van der Waals surface area (Å²) in [6, 6.07) is 0. The Kier molecular flexibility index (Phi) is 3.61. The van der Waals surface area contributed by atoms with Crippen LogP contribution in [0.5, 0.6) is 0 Å². The fourth-order valence-electron chi connectivity index (χ4n) is 1.88. The Morgan fingerprint density at radius 1 is 1.25 bits per heavy atom. The number of piperidine rings is 1. The van der Waals surface area contributed by atoms with E-state index in [0.29, 0.717) is 13.1 Å². The summed E-state index contributed by atoms with van der Waals surface area (Å²) in [6.45, 7) is 10.2. The third-order valence-electron chi connectivity index (χ3n) is 2.61. The first-order valence-electron chi connectivity index (χ1n) is 5.72. The predicted octanol–water partition coefficient (Wildman–Crippen LogP) is 2.08. The largest absolute Gasteiger partial charge is 0.444 e. The minimum atomic E-state index is -0.481. The molecule has 1 fully saturated rings. The molecular formula is C12H21NO3. The number of ether oxygens (including phenoxy) is 1. The molecule has 0 N–H and O–H groups in total. The average Bonchev–Trinajstić information content (AvgIpc) is 2.10. The average molecular weight is 227 g/mol. The van der Waals surface area contributed by atoms with Gasteiger partial charge in [0.05, 0.1) is 0 Å². The SMILES string of the molecule is CC1CN(C(=O)OC(C)(C)C)C[C@H](C)C1=O. The fourth-order valence-corrected chi connectivity index (χ4v) is 1.88. The lowest BCUT2D eigenvalue weighted by Crippen LogP contribution is -2.49. The van der Waals surface area contributed by atoms with Crippen molar-refractivity contribution in [3.8, 4) is 0 Å². The van der Waals surface area contributed by atoms with Gasteiger partial charge in [-0.05, 0) is 20.8 Å². The minimum absolute atomic E-state index is 0.0868. The number of likely N-dealkylation sites (tertiary alicyclic amines) is 1. The third kappa shape index (κ3) is 3.22. The maximum absolute atomic E-state index is 11.8. The molecule has 0 spiro atoms. The van der Waals surface area contributed by atoms with E-state index in [-0.39, 0.29) is 23.7 Å². The van der Waals surface area contributed by atoms with E-state index in [1.54, 1.807) is 4.90 Å². The molecular weight excluding hydrogens is 206 g/mol. The molecule has 0 aromatic carbocycles. The highest BCUT2D eigenvalue weighted by Gasteiger charge is 2.34. The molecule has 0 radical (unpaired) electrons. The van der Waals surface area contributed by atoms with Gasteiger partial charge in [0, 0.05) is 24.9 Å². The van der Waals surface area contributed by atoms with Crippen LogP contribution in [-0.4, -0.2) is 35.5 Å². The van der Waals surface area contributed by atoms with Gasteiger partial charge in [0.15, 0.2) is 0 Å². The summed E-state index contributed by atoms with van der Waals surface area (Å²) in [5, 5.41) is 0. The lowest BCUT2D eigenvalue weighted by Gasteiger charge is -2.35. The molecule has 92 valence electrons. The van der Waals surface area contributed by atoms with E-state index in [4.69, 9.17) is 4.74 Å². The second kappa shape index (κ2) is 4.44. The summed E-state index contributed by atoms with van der Waals surface area (Å²) >= 11 is 0. The molecule has 4 nitrogen and oxygen atoms in total. The first-order valence-corrected chi connectivity index (χ1v) is 5.72. The lowest BCUT2D eigenvalue weighted by molar-refractivity contribution is -0.129. The van der Waals surface area contributed by atoms with E-state index >= 15 is 0 Å². The zero-order valence-electron chi connectivity index (χ0n) is 10.7. The van der Waals surface area contributed by atoms with Gasteiger partial charge in [-0.25, -0.2) is 4.79 Å². The molecule has 16 heavy (non-hydrogen) atoms. The van der Waals surface area contributed by atoms with Gasteiger partial charge in [0.1, 0.15) is 11.4 Å². The molecule has 1 aliphatic rings. The number of ketones is 1. The molecule has 1 unspecified atom stereocenters. The van der Waals surface area contributed by atoms with Gasteiger partial charge in [-0.3, -0.25) is 4.79 Å².